The summed E-state index contributed by atoms with van der Waals surface area (Å²) < 4.78 is 6.62. The van der Waals surface area contributed by atoms with Crippen LogP contribution >= 0.6 is 15.9 Å². The first-order chi connectivity index (χ1) is 7.66. The summed E-state index contributed by atoms with van der Waals surface area (Å²) in [5.74, 6) is 1.60. The van der Waals surface area contributed by atoms with Crippen molar-refractivity contribution >= 4 is 21.8 Å². The van der Waals surface area contributed by atoms with E-state index in [0.717, 1.165) is 16.8 Å². The van der Waals surface area contributed by atoms with Gasteiger partial charge < -0.3 is 10.5 Å². The second-order valence-electron chi connectivity index (χ2n) is 4.13. The minimum atomic E-state index is 0.0499. The van der Waals surface area contributed by atoms with Crippen molar-refractivity contribution in [1.82, 2.24) is 0 Å². The molecule has 4 heteroatoms. The molecular formula is C12H15BrN2O. The maximum absolute atomic E-state index is 7.46. The smallest absolute Gasteiger partial charge is 0.131 e. The van der Waals surface area contributed by atoms with E-state index in [1.807, 2.05) is 12.1 Å². The molecule has 86 valence electrons. The van der Waals surface area contributed by atoms with Crippen LogP contribution in [0.1, 0.15) is 24.8 Å². The Kier molecular flexibility index (Phi) is 3.49. The van der Waals surface area contributed by atoms with Gasteiger partial charge in [0.2, 0.25) is 0 Å². The van der Waals surface area contributed by atoms with E-state index in [1.54, 1.807) is 6.07 Å². The van der Waals surface area contributed by atoms with Crippen LogP contribution in [0.2, 0.25) is 0 Å². The molecule has 16 heavy (non-hydrogen) atoms. The van der Waals surface area contributed by atoms with Crippen LogP contribution in [0, 0.1) is 11.3 Å². The topological polar surface area (TPSA) is 59.1 Å². The highest BCUT2D eigenvalue weighted by atomic mass is 79.9. The molecule has 0 saturated heterocycles. The predicted molar refractivity (Wildman–Crippen MR) is 68.0 cm³/mol. The van der Waals surface area contributed by atoms with Gasteiger partial charge in [0.15, 0.2) is 0 Å². The fourth-order valence-corrected chi connectivity index (χ4v) is 1.92. The van der Waals surface area contributed by atoms with E-state index < -0.39 is 0 Å². The van der Waals surface area contributed by atoms with Crippen molar-refractivity contribution in [2.24, 2.45) is 11.7 Å². The maximum Gasteiger partial charge on any atom is 0.131 e. The van der Waals surface area contributed by atoms with Crippen molar-refractivity contribution in [3.8, 4) is 5.75 Å². The lowest BCUT2D eigenvalue weighted by atomic mass is 10.2. The van der Waals surface area contributed by atoms with Crippen LogP contribution in [0.15, 0.2) is 22.7 Å². The predicted octanol–water partition coefficient (Wildman–Crippen LogP) is 2.91. The quantitative estimate of drug-likeness (QED) is 0.644. The standard InChI is InChI=1S/C12H15BrN2O/c13-9-3-4-10(12(14)15)11(7-9)16-6-5-8-1-2-8/h3-4,7-8H,1-2,5-6H2,(H3,14,15). The SMILES string of the molecule is N=C(N)c1ccc(Br)cc1OCCC1CC1. The Hall–Kier alpha value is -1.03. The molecule has 0 spiro atoms. The van der Waals surface area contributed by atoms with E-state index in [-0.39, 0.29) is 5.84 Å². The van der Waals surface area contributed by atoms with Crippen LogP contribution in [0.25, 0.3) is 0 Å². The molecule has 0 unspecified atom stereocenters. The first-order valence-corrected chi connectivity index (χ1v) is 6.23. The third-order valence-electron chi connectivity index (χ3n) is 2.71. The number of amidine groups is 1. The lowest BCUT2D eigenvalue weighted by Crippen LogP contribution is -2.13. The van der Waals surface area contributed by atoms with Crippen LogP contribution in [0.3, 0.4) is 0 Å². The summed E-state index contributed by atoms with van der Waals surface area (Å²) in [5, 5.41) is 7.46. The summed E-state index contributed by atoms with van der Waals surface area (Å²) >= 11 is 3.39. The first-order valence-electron chi connectivity index (χ1n) is 5.43. The Labute approximate surface area is 104 Å². The molecule has 1 fully saturated rings. The molecule has 0 atom stereocenters. The molecule has 0 heterocycles. The zero-order valence-electron chi connectivity index (χ0n) is 9.00. The Morgan fingerprint density at radius 1 is 1.50 bits per heavy atom. The van der Waals surface area contributed by atoms with Gasteiger partial charge in [-0.1, -0.05) is 28.8 Å². The molecule has 1 aliphatic carbocycles. The second-order valence-corrected chi connectivity index (χ2v) is 5.05. The average molecular weight is 283 g/mol. The van der Waals surface area contributed by atoms with Crippen LogP contribution in [-0.4, -0.2) is 12.4 Å². The number of nitrogen functional groups attached to an aromatic ring is 1. The Bertz CT molecular complexity index is 402. The highest BCUT2D eigenvalue weighted by molar-refractivity contribution is 9.10. The number of hydrogen-bond donors (Lipinski definition) is 2. The summed E-state index contributed by atoms with van der Waals surface area (Å²) in [4.78, 5) is 0. The number of rotatable bonds is 5. The largest absolute Gasteiger partial charge is 0.493 e. The van der Waals surface area contributed by atoms with E-state index >= 15 is 0 Å². The first kappa shape index (κ1) is 11.5. The van der Waals surface area contributed by atoms with Gasteiger partial charge in [-0.3, -0.25) is 5.41 Å². The molecule has 1 aromatic carbocycles. The van der Waals surface area contributed by atoms with Crippen molar-refractivity contribution in [3.05, 3.63) is 28.2 Å². The van der Waals surface area contributed by atoms with Gasteiger partial charge in [0.1, 0.15) is 11.6 Å². The normalized spacial score (nSPS) is 14.8. The van der Waals surface area contributed by atoms with Crippen LogP contribution in [0.5, 0.6) is 5.75 Å². The number of benzene rings is 1. The molecule has 3 nitrogen and oxygen atoms in total. The Balaban J connectivity index is 2.03. The molecule has 1 aliphatic rings. The van der Waals surface area contributed by atoms with Gasteiger partial charge in [-0.25, -0.2) is 0 Å². The van der Waals surface area contributed by atoms with Crippen molar-refractivity contribution in [2.75, 3.05) is 6.61 Å². The lowest BCUT2D eigenvalue weighted by Gasteiger charge is -2.10. The van der Waals surface area contributed by atoms with Gasteiger partial charge in [-0.15, -0.1) is 0 Å². The average Bonchev–Trinajstić information content (AvgIpc) is 3.01. The van der Waals surface area contributed by atoms with Crippen molar-refractivity contribution in [3.63, 3.8) is 0 Å². The molecule has 1 saturated carbocycles. The summed E-state index contributed by atoms with van der Waals surface area (Å²) in [6.07, 6.45) is 3.77. The summed E-state index contributed by atoms with van der Waals surface area (Å²) in [7, 11) is 0. The minimum Gasteiger partial charge on any atom is -0.493 e. The molecule has 2 rings (SSSR count). The molecule has 0 aliphatic heterocycles. The molecular weight excluding hydrogens is 268 g/mol. The van der Waals surface area contributed by atoms with Crippen LogP contribution in [0.4, 0.5) is 0 Å². The number of nitrogens with one attached hydrogen (secondary N) is 1. The zero-order chi connectivity index (χ0) is 11.5. The van der Waals surface area contributed by atoms with E-state index in [0.29, 0.717) is 17.9 Å². The summed E-state index contributed by atoms with van der Waals surface area (Å²) in [5.41, 5.74) is 6.16. The second kappa shape index (κ2) is 4.87. The van der Waals surface area contributed by atoms with Crippen molar-refractivity contribution in [2.45, 2.75) is 19.3 Å². The summed E-state index contributed by atoms with van der Waals surface area (Å²) in [6, 6.07) is 5.53. The number of nitrogens with two attached hydrogens (primary N) is 1. The highest BCUT2D eigenvalue weighted by Crippen LogP contribution is 2.32. The monoisotopic (exact) mass is 282 g/mol. The third-order valence-corrected chi connectivity index (χ3v) is 3.21. The maximum atomic E-state index is 7.46. The number of hydrogen-bond acceptors (Lipinski definition) is 2. The van der Waals surface area contributed by atoms with Gasteiger partial charge in [0.05, 0.1) is 12.2 Å². The highest BCUT2D eigenvalue weighted by Gasteiger charge is 2.21. The molecule has 0 aromatic heterocycles. The number of ether oxygens (including phenoxy) is 1. The van der Waals surface area contributed by atoms with Gasteiger partial charge in [-0.2, -0.15) is 0 Å². The molecule has 0 amide bonds. The molecule has 0 radical (unpaired) electrons. The minimum absolute atomic E-state index is 0.0499. The number of halogens is 1. The Morgan fingerprint density at radius 3 is 2.88 bits per heavy atom. The van der Waals surface area contributed by atoms with E-state index in [2.05, 4.69) is 15.9 Å². The van der Waals surface area contributed by atoms with Gasteiger partial charge in [-0.05, 0) is 30.5 Å². The molecule has 3 N–H and O–H groups in total. The summed E-state index contributed by atoms with van der Waals surface area (Å²) in [6.45, 7) is 0.710. The fourth-order valence-electron chi connectivity index (χ4n) is 1.58. The van der Waals surface area contributed by atoms with Crippen LogP contribution in [-0.2, 0) is 0 Å². The van der Waals surface area contributed by atoms with Gasteiger partial charge in [0, 0.05) is 4.47 Å². The zero-order valence-corrected chi connectivity index (χ0v) is 10.6. The fraction of sp³-hybridized carbons (Fsp3) is 0.417. The third kappa shape index (κ3) is 2.98. The Morgan fingerprint density at radius 2 is 2.25 bits per heavy atom. The van der Waals surface area contributed by atoms with Gasteiger partial charge in [0.25, 0.3) is 0 Å². The van der Waals surface area contributed by atoms with Crippen molar-refractivity contribution < 1.29 is 4.74 Å². The van der Waals surface area contributed by atoms with E-state index in [9.17, 15) is 0 Å². The van der Waals surface area contributed by atoms with Crippen molar-refractivity contribution in [1.29, 1.82) is 5.41 Å². The molecule has 1 aromatic rings. The van der Waals surface area contributed by atoms with E-state index in [1.165, 1.54) is 12.8 Å². The lowest BCUT2D eigenvalue weighted by molar-refractivity contribution is 0.301. The van der Waals surface area contributed by atoms with E-state index in [4.69, 9.17) is 15.9 Å². The van der Waals surface area contributed by atoms with Crippen LogP contribution < -0.4 is 10.5 Å². The van der Waals surface area contributed by atoms with Gasteiger partial charge >= 0.3 is 0 Å². The molecule has 0 bridgehead atoms.